The summed E-state index contributed by atoms with van der Waals surface area (Å²) in [5.74, 6) is 2.78. The van der Waals surface area contributed by atoms with Crippen molar-refractivity contribution in [1.29, 1.82) is 0 Å². The third-order valence-corrected chi connectivity index (χ3v) is 10.1. The lowest BCUT2D eigenvalue weighted by atomic mass is 9.67. The topological polar surface area (TPSA) is 46.1 Å². The summed E-state index contributed by atoms with van der Waals surface area (Å²) in [4.78, 5) is 17.0. The number of carbonyl (C=O) groups is 1. The summed E-state index contributed by atoms with van der Waals surface area (Å²) >= 11 is 0. The molecule has 0 aromatic heterocycles. The van der Waals surface area contributed by atoms with Crippen LogP contribution >= 0.6 is 0 Å². The molecule has 3 aliphatic heterocycles. The molecule has 3 heterocycles. The minimum atomic E-state index is -0.0940. The van der Waals surface area contributed by atoms with Crippen molar-refractivity contribution in [1.82, 2.24) is 4.90 Å². The van der Waals surface area contributed by atoms with Gasteiger partial charge in [0.1, 0.15) is 11.7 Å². The molecular weight excluding hydrogens is 444 g/mol. The monoisotopic (exact) mass is 487 g/mol. The van der Waals surface area contributed by atoms with Gasteiger partial charge < -0.3 is 15.0 Å². The fraction of sp³-hybridized carbons (Fsp3) is 0.594. The summed E-state index contributed by atoms with van der Waals surface area (Å²) in [6.07, 6.45) is 10.7. The normalized spacial score (nSPS) is 30.7. The highest BCUT2D eigenvalue weighted by Gasteiger charge is 2.56. The number of rotatable bonds is 4. The largest absolute Gasteiger partial charge is 0.493 e. The Morgan fingerprint density at radius 2 is 1.89 bits per heavy atom. The lowest BCUT2D eigenvalue weighted by Crippen LogP contribution is -2.82. The number of aryl methyl sites for hydroxylation is 1. The fourth-order valence-corrected chi connectivity index (χ4v) is 8.15. The second kappa shape index (κ2) is 10.2. The Balaban J connectivity index is 1.31. The summed E-state index contributed by atoms with van der Waals surface area (Å²) in [5, 5.41) is 2.41. The van der Waals surface area contributed by atoms with Crippen molar-refractivity contribution in [2.75, 3.05) is 26.2 Å². The van der Waals surface area contributed by atoms with E-state index in [1.165, 1.54) is 48.8 Å². The van der Waals surface area contributed by atoms with Crippen LogP contribution in [0.4, 0.5) is 0 Å². The predicted octanol–water partition coefficient (Wildman–Crippen LogP) is 4.82. The van der Waals surface area contributed by atoms with Gasteiger partial charge >= 0.3 is 0 Å². The minimum absolute atomic E-state index is 0.0478. The van der Waals surface area contributed by atoms with Gasteiger partial charge in [-0.25, -0.2) is 0 Å². The van der Waals surface area contributed by atoms with Crippen molar-refractivity contribution < 1.29 is 14.8 Å². The number of nitrogens with zero attached hydrogens (tertiary/aromatic N) is 1. The highest BCUT2D eigenvalue weighted by atomic mass is 16.5. The molecule has 0 radical (unpaired) electrons. The Bertz CT molecular complexity index is 1060. The lowest BCUT2D eigenvalue weighted by Gasteiger charge is -2.47. The molecule has 6 rings (SSSR count). The molecule has 1 amide bonds. The van der Waals surface area contributed by atoms with Gasteiger partial charge in [0.2, 0.25) is 5.91 Å². The second-order valence-corrected chi connectivity index (χ2v) is 11.8. The Hall–Kier alpha value is -2.33. The van der Waals surface area contributed by atoms with Crippen molar-refractivity contribution in [3.63, 3.8) is 0 Å². The number of carbonyl (C=O) groups excluding carboxylic acids is 1. The molecule has 4 aliphatic rings. The number of ether oxygens (including phenoxy) is 1. The molecule has 36 heavy (non-hydrogen) atoms. The van der Waals surface area contributed by atoms with Gasteiger partial charge in [-0.1, -0.05) is 74.7 Å². The molecule has 4 heteroatoms. The Morgan fingerprint density at radius 3 is 2.69 bits per heavy atom. The standard InChI is InChI=1S/C32H42N2O2/c1-2-23-14-9-15-27-30(23)36-19-17-32(27)22-33-21-28(32)31(35)34-18-16-26(24-10-5-3-6-11-24)20-29(34)25-12-7-4-8-13-25/h3,5-6,9-11,14-15,25-26,28-29,33H,2,4,7-8,12-13,16-22H2,1H3/p+1/t26-,28?,29+,32+/m1/s1. The zero-order valence-corrected chi connectivity index (χ0v) is 22.0. The molecule has 0 bridgehead atoms. The Kier molecular flexibility index (Phi) is 6.81. The van der Waals surface area contributed by atoms with Gasteiger partial charge in [-0.2, -0.15) is 0 Å². The van der Waals surface area contributed by atoms with Crippen molar-refractivity contribution in [3.8, 4) is 5.75 Å². The molecule has 3 fully saturated rings. The average molecular weight is 488 g/mol. The van der Waals surface area contributed by atoms with Crippen molar-refractivity contribution >= 4 is 5.91 Å². The first kappa shape index (κ1) is 24.0. The zero-order valence-electron chi connectivity index (χ0n) is 22.0. The predicted molar refractivity (Wildman–Crippen MR) is 143 cm³/mol. The maximum atomic E-state index is 14.6. The number of quaternary nitrogens is 1. The van der Waals surface area contributed by atoms with Crippen LogP contribution in [-0.2, 0) is 16.6 Å². The molecule has 2 aromatic carbocycles. The van der Waals surface area contributed by atoms with Crippen LogP contribution in [0.15, 0.2) is 48.5 Å². The van der Waals surface area contributed by atoms with Crippen LogP contribution in [0.1, 0.15) is 80.9 Å². The average Bonchev–Trinajstić information content (AvgIpc) is 3.37. The zero-order chi connectivity index (χ0) is 24.5. The quantitative estimate of drug-likeness (QED) is 0.672. The number of piperidine rings is 1. The first-order valence-electron chi connectivity index (χ1n) is 14.6. The van der Waals surface area contributed by atoms with Crippen LogP contribution in [0.2, 0.25) is 0 Å². The van der Waals surface area contributed by atoms with Crippen molar-refractivity contribution in [3.05, 3.63) is 65.2 Å². The molecule has 4 atom stereocenters. The van der Waals surface area contributed by atoms with Crippen LogP contribution in [0, 0.1) is 11.8 Å². The van der Waals surface area contributed by atoms with E-state index in [0.717, 1.165) is 57.7 Å². The van der Waals surface area contributed by atoms with Crippen LogP contribution in [-0.4, -0.2) is 43.1 Å². The van der Waals surface area contributed by atoms with Crippen LogP contribution in [0.3, 0.4) is 0 Å². The third-order valence-electron chi connectivity index (χ3n) is 10.1. The van der Waals surface area contributed by atoms with E-state index < -0.39 is 0 Å². The van der Waals surface area contributed by atoms with Gasteiger partial charge in [-0.3, -0.25) is 4.79 Å². The third kappa shape index (κ3) is 4.16. The first-order valence-corrected chi connectivity index (χ1v) is 14.6. The number of fused-ring (bicyclic) bond motifs is 2. The summed E-state index contributed by atoms with van der Waals surface area (Å²) in [5.41, 5.74) is 3.95. The fourth-order valence-electron chi connectivity index (χ4n) is 8.15. The molecule has 2 saturated heterocycles. The van der Waals surface area contributed by atoms with Gasteiger partial charge in [0.15, 0.2) is 0 Å². The van der Waals surface area contributed by atoms with E-state index in [-0.39, 0.29) is 11.3 Å². The van der Waals surface area contributed by atoms with Gasteiger partial charge in [0, 0.05) is 18.2 Å². The number of hydrogen-bond acceptors (Lipinski definition) is 2. The number of hydrogen-bond donors (Lipinski definition) is 1. The van der Waals surface area contributed by atoms with Crippen molar-refractivity contribution in [2.24, 2.45) is 11.8 Å². The number of amides is 1. The van der Waals surface area contributed by atoms with E-state index in [9.17, 15) is 4.79 Å². The first-order chi connectivity index (χ1) is 17.7. The number of likely N-dealkylation sites (tertiary alicyclic amines) is 1. The molecule has 4 nitrogen and oxygen atoms in total. The highest BCUT2D eigenvalue weighted by Crippen LogP contribution is 2.48. The molecule has 1 unspecified atom stereocenters. The number of benzene rings is 2. The molecule has 2 N–H and O–H groups in total. The molecule has 2 aromatic rings. The maximum absolute atomic E-state index is 14.6. The summed E-state index contributed by atoms with van der Waals surface area (Å²) in [6.45, 7) is 5.75. The van der Waals surface area contributed by atoms with Gasteiger partial charge in [-0.05, 0) is 61.5 Å². The van der Waals surface area contributed by atoms with Crippen LogP contribution in [0.5, 0.6) is 5.75 Å². The lowest BCUT2D eigenvalue weighted by molar-refractivity contribution is -0.640. The minimum Gasteiger partial charge on any atom is -0.493 e. The summed E-state index contributed by atoms with van der Waals surface area (Å²) in [6, 6.07) is 18.1. The SMILES string of the molecule is CCc1cccc2c1OCC[C@]21C[NH2+]CC1C(=O)N1CC[C@@H](c2ccccc2)C[C@H]1C1CCCCC1. The van der Waals surface area contributed by atoms with E-state index in [1.807, 2.05) is 0 Å². The van der Waals surface area contributed by atoms with E-state index in [1.54, 1.807) is 0 Å². The van der Waals surface area contributed by atoms with E-state index in [0.29, 0.717) is 23.8 Å². The summed E-state index contributed by atoms with van der Waals surface area (Å²) < 4.78 is 6.25. The smallest absolute Gasteiger partial charge is 0.232 e. The highest BCUT2D eigenvalue weighted by molar-refractivity contribution is 5.82. The van der Waals surface area contributed by atoms with Crippen molar-refractivity contribution in [2.45, 2.75) is 82.1 Å². The van der Waals surface area contributed by atoms with Crippen LogP contribution in [0.25, 0.3) is 0 Å². The van der Waals surface area contributed by atoms with Crippen LogP contribution < -0.4 is 10.1 Å². The van der Waals surface area contributed by atoms with E-state index in [2.05, 4.69) is 65.7 Å². The molecule has 192 valence electrons. The number of para-hydroxylation sites is 1. The maximum Gasteiger partial charge on any atom is 0.232 e. The molecule has 1 saturated carbocycles. The second-order valence-electron chi connectivity index (χ2n) is 11.8. The van der Waals surface area contributed by atoms with E-state index >= 15 is 0 Å². The van der Waals surface area contributed by atoms with E-state index in [4.69, 9.17) is 4.74 Å². The van der Waals surface area contributed by atoms with Gasteiger partial charge in [0.05, 0.1) is 25.1 Å². The molecule has 1 spiro atoms. The molecular formula is C32H43N2O2+. The Morgan fingerprint density at radius 1 is 1.06 bits per heavy atom. The summed E-state index contributed by atoms with van der Waals surface area (Å²) in [7, 11) is 0. The Labute approximate surface area is 216 Å². The van der Waals surface area contributed by atoms with Gasteiger partial charge in [-0.15, -0.1) is 0 Å². The molecule has 1 aliphatic carbocycles. The van der Waals surface area contributed by atoms with Gasteiger partial charge in [0.25, 0.3) is 0 Å². The number of nitrogens with two attached hydrogens (primary N) is 1.